The van der Waals surface area contributed by atoms with Gasteiger partial charge in [-0.1, -0.05) is 6.42 Å². The van der Waals surface area contributed by atoms with Gasteiger partial charge in [0.1, 0.15) is 5.01 Å². The Labute approximate surface area is 172 Å². The number of likely N-dealkylation sites (tertiary alicyclic amines) is 2. The van der Waals surface area contributed by atoms with E-state index < -0.39 is 0 Å². The third-order valence-electron chi connectivity index (χ3n) is 5.91. The predicted molar refractivity (Wildman–Crippen MR) is 112 cm³/mol. The number of carbonyl (C=O) groups is 1. The van der Waals surface area contributed by atoms with E-state index in [1.54, 1.807) is 22.7 Å². The fourth-order valence-corrected chi connectivity index (χ4v) is 5.99. The van der Waals surface area contributed by atoms with E-state index in [1.165, 1.54) is 24.3 Å². The number of imidazole rings is 1. The minimum atomic E-state index is 0.105. The highest BCUT2D eigenvalue weighted by Gasteiger charge is 2.31. The van der Waals surface area contributed by atoms with Crippen LogP contribution in [-0.2, 0) is 6.54 Å². The van der Waals surface area contributed by atoms with Gasteiger partial charge in [0.2, 0.25) is 0 Å². The first-order valence-electron chi connectivity index (χ1n) is 10.2. The smallest absolute Gasteiger partial charge is 0.274 e. The maximum Gasteiger partial charge on any atom is 0.274 e. The van der Waals surface area contributed by atoms with Crippen LogP contribution in [0.1, 0.15) is 65.8 Å². The SMILES string of the molecule is O=C(c1nc2sccn2c1CN1CCCCC1c1nccs1)N1CCCCC1. The van der Waals surface area contributed by atoms with Crippen molar-refractivity contribution in [3.63, 3.8) is 0 Å². The summed E-state index contributed by atoms with van der Waals surface area (Å²) in [6, 6.07) is 0.343. The number of thiazole rings is 2. The second-order valence-electron chi connectivity index (χ2n) is 7.67. The van der Waals surface area contributed by atoms with E-state index in [2.05, 4.69) is 31.2 Å². The van der Waals surface area contributed by atoms with E-state index in [9.17, 15) is 4.79 Å². The maximum absolute atomic E-state index is 13.3. The molecule has 1 unspecified atom stereocenters. The quantitative estimate of drug-likeness (QED) is 0.641. The molecule has 3 aromatic heterocycles. The van der Waals surface area contributed by atoms with Crippen molar-refractivity contribution in [2.75, 3.05) is 19.6 Å². The molecule has 3 aromatic rings. The minimum absolute atomic E-state index is 0.105. The summed E-state index contributed by atoms with van der Waals surface area (Å²) in [5.74, 6) is 0.105. The van der Waals surface area contributed by atoms with Gasteiger partial charge in [0.25, 0.3) is 5.91 Å². The molecule has 8 heteroatoms. The molecular formula is C20H25N5OS2. The largest absolute Gasteiger partial charge is 0.337 e. The van der Waals surface area contributed by atoms with Crippen LogP contribution in [0.5, 0.6) is 0 Å². The van der Waals surface area contributed by atoms with Gasteiger partial charge in [-0.25, -0.2) is 9.97 Å². The molecule has 0 radical (unpaired) electrons. The topological polar surface area (TPSA) is 53.7 Å². The number of hydrogen-bond acceptors (Lipinski definition) is 6. The lowest BCUT2D eigenvalue weighted by Crippen LogP contribution is -2.37. The highest BCUT2D eigenvalue weighted by molar-refractivity contribution is 7.15. The molecule has 28 heavy (non-hydrogen) atoms. The van der Waals surface area contributed by atoms with Crippen LogP contribution >= 0.6 is 22.7 Å². The van der Waals surface area contributed by atoms with Crippen LogP contribution in [0.4, 0.5) is 0 Å². The number of hydrogen-bond donors (Lipinski definition) is 0. The Morgan fingerprint density at radius 2 is 1.93 bits per heavy atom. The normalized spacial score (nSPS) is 21.4. The van der Waals surface area contributed by atoms with Crippen molar-refractivity contribution in [2.45, 2.75) is 51.1 Å². The Morgan fingerprint density at radius 3 is 2.75 bits per heavy atom. The van der Waals surface area contributed by atoms with Gasteiger partial charge in [0.15, 0.2) is 10.7 Å². The lowest BCUT2D eigenvalue weighted by molar-refractivity contribution is 0.0714. The van der Waals surface area contributed by atoms with Crippen LogP contribution in [-0.4, -0.2) is 49.7 Å². The summed E-state index contributed by atoms with van der Waals surface area (Å²) in [5.41, 5.74) is 1.69. The van der Waals surface area contributed by atoms with Crippen LogP contribution in [0.3, 0.4) is 0 Å². The summed E-state index contributed by atoms with van der Waals surface area (Å²) in [5, 5.41) is 5.30. The molecule has 0 saturated carbocycles. The summed E-state index contributed by atoms with van der Waals surface area (Å²) in [6.45, 7) is 3.50. The van der Waals surface area contributed by atoms with Crippen molar-refractivity contribution in [3.8, 4) is 0 Å². The van der Waals surface area contributed by atoms with E-state index in [0.29, 0.717) is 11.7 Å². The fraction of sp³-hybridized carbons (Fsp3) is 0.550. The van der Waals surface area contributed by atoms with Gasteiger partial charge in [0, 0.05) is 42.8 Å². The van der Waals surface area contributed by atoms with Crippen molar-refractivity contribution in [2.24, 2.45) is 0 Å². The first kappa shape index (κ1) is 18.3. The Balaban J connectivity index is 1.47. The molecule has 0 N–H and O–H groups in total. The van der Waals surface area contributed by atoms with Crippen molar-refractivity contribution in [3.05, 3.63) is 39.5 Å². The van der Waals surface area contributed by atoms with E-state index in [0.717, 1.165) is 56.1 Å². The summed E-state index contributed by atoms with van der Waals surface area (Å²) < 4.78 is 2.12. The number of carbonyl (C=O) groups excluding carboxylic acids is 1. The first-order valence-corrected chi connectivity index (χ1v) is 11.9. The van der Waals surface area contributed by atoms with Crippen molar-refractivity contribution < 1.29 is 4.79 Å². The molecule has 2 aliphatic rings. The van der Waals surface area contributed by atoms with Crippen LogP contribution in [0, 0.1) is 0 Å². The molecular weight excluding hydrogens is 390 g/mol. The molecule has 2 aliphatic heterocycles. The van der Waals surface area contributed by atoms with Gasteiger partial charge in [0.05, 0.1) is 11.7 Å². The van der Waals surface area contributed by atoms with Crippen molar-refractivity contribution in [1.29, 1.82) is 0 Å². The molecule has 0 aromatic carbocycles. The zero-order valence-corrected chi connectivity index (χ0v) is 17.6. The molecule has 0 aliphatic carbocycles. The van der Waals surface area contributed by atoms with Gasteiger partial charge in [-0.3, -0.25) is 14.1 Å². The van der Waals surface area contributed by atoms with Gasteiger partial charge >= 0.3 is 0 Å². The number of amides is 1. The molecule has 0 bridgehead atoms. The molecule has 5 heterocycles. The third kappa shape index (κ3) is 3.38. The molecule has 5 rings (SSSR count). The standard InChI is InChI=1S/C20H25N5OS2/c26-19(23-8-3-1-4-9-23)17-16(25-11-13-28-20(25)22-17)14-24-10-5-2-6-15(24)18-21-7-12-27-18/h7,11-13,15H,1-6,8-10,14H2. The highest BCUT2D eigenvalue weighted by Crippen LogP contribution is 2.34. The summed E-state index contributed by atoms with van der Waals surface area (Å²) >= 11 is 3.34. The number of piperidine rings is 2. The van der Waals surface area contributed by atoms with Gasteiger partial charge in [-0.05, 0) is 38.6 Å². The zero-order chi connectivity index (χ0) is 18.9. The third-order valence-corrected chi connectivity index (χ3v) is 7.54. The second-order valence-corrected chi connectivity index (χ2v) is 9.47. The lowest BCUT2D eigenvalue weighted by Gasteiger charge is -2.34. The summed E-state index contributed by atoms with van der Waals surface area (Å²) in [6.07, 6.45) is 10.9. The van der Waals surface area contributed by atoms with Crippen molar-refractivity contribution >= 4 is 33.5 Å². The van der Waals surface area contributed by atoms with Gasteiger partial charge in [-0.15, -0.1) is 22.7 Å². The highest BCUT2D eigenvalue weighted by atomic mass is 32.1. The van der Waals surface area contributed by atoms with Crippen LogP contribution in [0.15, 0.2) is 23.2 Å². The number of nitrogens with zero attached hydrogens (tertiary/aromatic N) is 5. The Bertz CT molecular complexity index is 941. The fourth-order valence-electron chi connectivity index (χ4n) is 4.45. The maximum atomic E-state index is 13.3. The molecule has 1 atom stereocenters. The molecule has 148 valence electrons. The van der Waals surface area contributed by atoms with Crippen LogP contribution in [0.25, 0.3) is 4.96 Å². The predicted octanol–water partition coefficient (Wildman–Crippen LogP) is 4.21. The lowest BCUT2D eigenvalue weighted by atomic mass is 10.0. The molecule has 2 saturated heterocycles. The van der Waals surface area contributed by atoms with E-state index in [1.807, 2.05) is 11.1 Å². The monoisotopic (exact) mass is 415 g/mol. The van der Waals surface area contributed by atoms with Gasteiger partial charge < -0.3 is 4.90 Å². The average Bonchev–Trinajstić information content (AvgIpc) is 3.48. The Hall–Kier alpha value is -1.77. The molecule has 1 amide bonds. The minimum Gasteiger partial charge on any atom is -0.337 e. The number of rotatable bonds is 4. The summed E-state index contributed by atoms with van der Waals surface area (Å²) in [4.78, 5) is 28.0. The van der Waals surface area contributed by atoms with Crippen LogP contribution in [0.2, 0.25) is 0 Å². The van der Waals surface area contributed by atoms with E-state index in [-0.39, 0.29) is 5.91 Å². The van der Waals surface area contributed by atoms with Crippen LogP contribution < -0.4 is 0 Å². The van der Waals surface area contributed by atoms with Gasteiger partial charge in [-0.2, -0.15) is 0 Å². The molecule has 0 spiro atoms. The Morgan fingerprint density at radius 1 is 1.07 bits per heavy atom. The Kier molecular flexibility index (Phi) is 5.17. The van der Waals surface area contributed by atoms with E-state index >= 15 is 0 Å². The number of fused-ring (bicyclic) bond motifs is 1. The van der Waals surface area contributed by atoms with E-state index in [4.69, 9.17) is 4.98 Å². The summed E-state index contributed by atoms with van der Waals surface area (Å²) in [7, 11) is 0. The average molecular weight is 416 g/mol. The first-order chi connectivity index (χ1) is 13.8. The zero-order valence-electron chi connectivity index (χ0n) is 15.9. The van der Waals surface area contributed by atoms with Crippen molar-refractivity contribution in [1.82, 2.24) is 24.2 Å². The second kappa shape index (κ2) is 7.93. The molecule has 6 nitrogen and oxygen atoms in total. The number of aromatic nitrogens is 3. The molecule has 2 fully saturated rings.